The molecule has 6 heteroatoms. The summed E-state index contributed by atoms with van der Waals surface area (Å²) in [4.78, 5) is 0. The van der Waals surface area contributed by atoms with Crippen molar-refractivity contribution in [3.63, 3.8) is 0 Å². The largest absolute Gasteiger partial charge is 0.309 e. The summed E-state index contributed by atoms with van der Waals surface area (Å²) < 4.78 is 34.8. The first-order valence-corrected chi connectivity index (χ1v) is 6.39. The van der Waals surface area contributed by atoms with Crippen LogP contribution in [0.5, 0.6) is 0 Å². The highest BCUT2D eigenvalue weighted by Gasteiger charge is 2.17. The second-order valence-electron chi connectivity index (χ2n) is 3.86. The van der Waals surface area contributed by atoms with E-state index in [0.717, 1.165) is 30.0 Å². The van der Waals surface area contributed by atoms with Gasteiger partial charge in [0.25, 0.3) is 0 Å². The molecule has 18 heavy (non-hydrogen) atoms. The van der Waals surface area contributed by atoms with Gasteiger partial charge in [0.1, 0.15) is 0 Å². The molecule has 3 nitrogen and oxygen atoms in total. The number of likely N-dealkylation sites (N-methyl/N-ethyl adjacent to an activating group) is 1. The summed E-state index contributed by atoms with van der Waals surface area (Å²) in [5.41, 5.74) is 1.10. The van der Waals surface area contributed by atoms with E-state index in [2.05, 4.69) is 14.1 Å². The molecule has 1 aromatic heterocycles. The van der Waals surface area contributed by atoms with E-state index >= 15 is 0 Å². The van der Waals surface area contributed by atoms with Crippen molar-refractivity contribution in [2.45, 2.75) is 19.4 Å². The molecule has 0 bridgehead atoms. The van der Waals surface area contributed by atoms with E-state index in [9.17, 15) is 8.78 Å². The third-order valence-corrected chi connectivity index (χ3v) is 3.13. The molecule has 1 heterocycles. The molecule has 1 atom stereocenters. The van der Waals surface area contributed by atoms with E-state index in [1.54, 1.807) is 12.3 Å². The van der Waals surface area contributed by atoms with Crippen LogP contribution in [0.15, 0.2) is 24.4 Å². The number of hydrogen-bond donors (Lipinski definition) is 1. The van der Waals surface area contributed by atoms with Gasteiger partial charge in [0.2, 0.25) is 0 Å². The number of benzene rings is 1. The molecule has 1 aromatic carbocycles. The summed E-state index contributed by atoms with van der Waals surface area (Å²) in [5.74, 6) is -1.61. The Morgan fingerprint density at radius 1 is 1.39 bits per heavy atom. The molecule has 0 aliphatic heterocycles. The molecule has 0 amide bonds. The lowest BCUT2D eigenvalue weighted by molar-refractivity contribution is 0.479. The van der Waals surface area contributed by atoms with Gasteiger partial charge in [-0.1, -0.05) is 19.1 Å². The fraction of sp³-hybridized carbons (Fsp3) is 0.333. The zero-order valence-electron chi connectivity index (χ0n) is 9.86. The molecule has 0 fully saturated rings. The minimum absolute atomic E-state index is 0.148. The van der Waals surface area contributed by atoms with Gasteiger partial charge < -0.3 is 5.32 Å². The lowest BCUT2D eigenvalue weighted by Gasteiger charge is -2.15. The highest BCUT2D eigenvalue weighted by Crippen LogP contribution is 2.20. The second-order valence-corrected chi connectivity index (χ2v) is 4.42. The predicted octanol–water partition coefficient (Wildman–Crippen LogP) is 2.71. The van der Waals surface area contributed by atoms with Gasteiger partial charge in [-0.25, -0.2) is 8.78 Å². The Labute approximate surface area is 108 Å². The zero-order valence-corrected chi connectivity index (χ0v) is 10.7. The maximum atomic E-state index is 13.6. The summed E-state index contributed by atoms with van der Waals surface area (Å²) >= 11 is 1.10. The SMILES string of the molecule is CCNC(Cc1cccc(F)c1F)c1cnsn1. The third-order valence-electron chi connectivity index (χ3n) is 2.64. The number of hydrogen-bond acceptors (Lipinski definition) is 4. The lowest BCUT2D eigenvalue weighted by Crippen LogP contribution is -2.23. The van der Waals surface area contributed by atoms with E-state index in [1.807, 2.05) is 6.92 Å². The molecular weight excluding hydrogens is 256 g/mol. The number of rotatable bonds is 5. The monoisotopic (exact) mass is 269 g/mol. The normalized spacial score (nSPS) is 12.6. The van der Waals surface area contributed by atoms with Gasteiger partial charge in [-0.05, 0) is 24.6 Å². The minimum Gasteiger partial charge on any atom is -0.309 e. The molecule has 0 radical (unpaired) electrons. The average Bonchev–Trinajstić information content (AvgIpc) is 2.88. The van der Waals surface area contributed by atoms with Gasteiger partial charge in [0.15, 0.2) is 11.6 Å². The highest BCUT2D eigenvalue weighted by molar-refractivity contribution is 6.99. The van der Waals surface area contributed by atoms with Crippen LogP contribution in [0.2, 0.25) is 0 Å². The predicted molar refractivity (Wildman–Crippen MR) is 66.4 cm³/mol. The zero-order chi connectivity index (χ0) is 13.0. The first-order chi connectivity index (χ1) is 8.72. The maximum Gasteiger partial charge on any atom is 0.162 e. The molecular formula is C12H13F2N3S. The van der Waals surface area contributed by atoms with Crippen LogP contribution in [0.3, 0.4) is 0 Å². The van der Waals surface area contributed by atoms with Gasteiger partial charge in [0, 0.05) is 0 Å². The van der Waals surface area contributed by atoms with E-state index < -0.39 is 11.6 Å². The molecule has 1 N–H and O–H groups in total. The highest BCUT2D eigenvalue weighted by atomic mass is 32.1. The van der Waals surface area contributed by atoms with Crippen LogP contribution in [0.25, 0.3) is 0 Å². The number of aromatic nitrogens is 2. The fourth-order valence-electron chi connectivity index (χ4n) is 1.78. The van der Waals surface area contributed by atoms with Crippen LogP contribution in [0, 0.1) is 11.6 Å². The van der Waals surface area contributed by atoms with Crippen molar-refractivity contribution < 1.29 is 8.78 Å². The van der Waals surface area contributed by atoms with Gasteiger partial charge in [-0.2, -0.15) is 8.75 Å². The smallest absolute Gasteiger partial charge is 0.162 e. The molecule has 1 unspecified atom stereocenters. The van der Waals surface area contributed by atoms with Crippen molar-refractivity contribution in [3.05, 3.63) is 47.3 Å². The lowest BCUT2D eigenvalue weighted by atomic mass is 10.0. The van der Waals surface area contributed by atoms with Crippen LogP contribution < -0.4 is 5.32 Å². The Morgan fingerprint density at radius 2 is 2.22 bits per heavy atom. The maximum absolute atomic E-state index is 13.6. The standard InChI is InChI=1S/C12H13F2N3S/c1-2-15-10(11-7-16-18-17-11)6-8-4-3-5-9(13)12(8)14/h3-5,7,10,15H,2,6H2,1H3. The number of nitrogens with one attached hydrogen (secondary N) is 1. The van der Waals surface area contributed by atoms with Crippen LogP contribution in [-0.4, -0.2) is 15.3 Å². The van der Waals surface area contributed by atoms with E-state index in [4.69, 9.17) is 0 Å². The van der Waals surface area contributed by atoms with Crippen LogP contribution in [0.4, 0.5) is 8.78 Å². The molecule has 2 aromatic rings. The molecule has 96 valence electrons. The van der Waals surface area contributed by atoms with Crippen molar-refractivity contribution in [1.29, 1.82) is 0 Å². The van der Waals surface area contributed by atoms with Crippen molar-refractivity contribution in [2.75, 3.05) is 6.54 Å². The topological polar surface area (TPSA) is 37.8 Å². The van der Waals surface area contributed by atoms with Crippen molar-refractivity contribution >= 4 is 11.7 Å². The third kappa shape index (κ3) is 2.88. The Bertz CT molecular complexity index is 502. The van der Waals surface area contributed by atoms with E-state index in [0.29, 0.717) is 12.0 Å². The average molecular weight is 269 g/mol. The summed E-state index contributed by atoms with van der Waals surface area (Å²) in [5, 5.41) is 3.20. The first kappa shape index (κ1) is 13.0. The van der Waals surface area contributed by atoms with E-state index in [-0.39, 0.29) is 6.04 Å². The number of halogens is 2. The van der Waals surface area contributed by atoms with Gasteiger partial charge in [-0.15, -0.1) is 0 Å². The van der Waals surface area contributed by atoms with Gasteiger partial charge in [-0.3, -0.25) is 0 Å². The summed E-state index contributed by atoms with van der Waals surface area (Å²) in [6, 6.07) is 4.06. The molecule has 0 aliphatic rings. The van der Waals surface area contributed by atoms with Crippen molar-refractivity contribution in [2.24, 2.45) is 0 Å². The summed E-state index contributed by atoms with van der Waals surface area (Å²) in [6.07, 6.45) is 2.00. The number of nitrogens with zero attached hydrogens (tertiary/aromatic N) is 2. The summed E-state index contributed by atoms with van der Waals surface area (Å²) in [7, 11) is 0. The Hall–Kier alpha value is -1.40. The van der Waals surface area contributed by atoms with Gasteiger partial charge in [0.05, 0.1) is 29.7 Å². The van der Waals surface area contributed by atoms with E-state index in [1.165, 1.54) is 6.07 Å². The Balaban J connectivity index is 2.21. The second kappa shape index (κ2) is 5.97. The Kier molecular flexibility index (Phi) is 4.33. The van der Waals surface area contributed by atoms with Crippen molar-refractivity contribution in [3.8, 4) is 0 Å². The first-order valence-electron chi connectivity index (χ1n) is 5.66. The van der Waals surface area contributed by atoms with Crippen LogP contribution in [-0.2, 0) is 6.42 Å². The van der Waals surface area contributed by atoms with Crippen molar-refractivity contribution in [1.82, 2.24) is 14.1 Å². The Morgan fingerprint density at radius 3 is 2.89 bits per heavy atom. The van der Waals surface area contributed by atoms with Gasteiger partial charge >= 0.3 is 0 Å². The molecule has 0 spiro atoms. The molecule has 0 saturated carbocycles. The summed E-state index contributed by atoms with van der Waals surface area (Å²) in [6.45, 7) is 2.67. The molecule has 2 rings (SSSR count). The van der Waals surface area contributed by atoms with Crippen LogP contribution >= 0.6 is 11.7 Å². The quantitative estimate of drug-likeness (QED) is 0.907. The van der Waals surface area contributed by atoms with Crippen LogP contribution in [0.1, 0.15) is 24.2 Å². The fourth-order valence-corrected chi connectivity index (χ4v) is 2.25. The molecule has 0 aliphatic carbocycles. The minimum atomic E-state index is -0.820. The molecule has 0 saturated heterocycles.